The van der Waals surface area contributed by atoms with Crippen LogP contribution in [-0.2, 0) is 4.79 Å². The average molecular weight is 357 g/mol. The zero-order valence-electron chi connectivity index (χ0n) is 11.3. The van der Waals surface area contributed by atoms with Gasteiger partial charge in [0.25, 0.3) is 5.24 Å². The fourth-order valence-corrected chi connectivity index (χ4v) is 3.13. The van der Waals surface area contributed by atoms with Gasteiger partial charge in [0.05, 0.1) is 6.04 Å². The first-order valence-electron chi connectivity index (χ1n) is 6.53. The first-order chi connectivity index (χ1) is 9.56. The maximum atomic E-state index is 11.9. The first kappa shape index (κ1) is 15.4. The van der Waals surface area contributed by atoms with Gasteiger partial charge in [-0.25, -0.2) is 0 Å². The Hall–Kier alpha value is -1.01. The summed E-state index contributed by atoms with van der Waals surface area (Å²) in [4.78, 5) is 25.0. The third kappa shape index (κ3) is 4.24. The van der Waals surface area contributed by atoms with Crippen molar-refractivity contribution >= 4 is 38.8 Å². The molecule has 0 aromatic heterocycles. The van der Waals surface area contributed by atoms with Crippen LogP contribution < -0.4 is 5.32 Å². The van der Waals surface area contributed by atoms with E-state index in [0.29, 0.717) is 13.0 Å². The van der Waals surface area contributed by atoms with E-state index in [4.69, 9.17) is 0 Å². The predicted molar refractivity (Wildman–Crippen MR) is 84.7 cm³/mol. The molecule has 1 aliphatic heterocycles. The Labute approximate surface area is 131 Å². The fourth-order valence-electron chi connectivity index (χ4n) is 2.01. The normalized spacial score (nSPS) is 16.3. The number of carbonyl (C=O) groups excluding carboxylic acids is 2. The molecular weight excluding hydrogens is 340 g/mol. The van der Waals surface area contributed by atoms with Crippen LogP contribution in [0, 0.1) is 0 Å². The quantitative estimate of drug-likeness (QED) is 0.881. The molecule has 0 radical (unpaired) electrons. The Morgan fingerprint density at radius 1 is 1.45 bits per heavy atom. The lowest BCUT2D eigenvalue weighted by Gasteiger charge is -2.17. The second-order valence-corrected chi connectivity index (χ2v) is 6.65. The number of nitrogens with one attached hydrogen (secondary N) is 1. The number of halogens is 1. The van der Waals surface area contributed by atoms with Gasteiger partial charge in [-0.2, -0.15) is 0 Å². The summed E-state index contributed by atoms with van der Waals surface area (Å²) in [5.41, 5.74) is 1.06. The van der Waals surface area contributed by atoms with Crippen molar-refractivity contribution in [2.24, 2.45) is 0 Å². The summed E-state index contributed by atoms with van der Waals surface area (Å²) in [5.74, 6) is 0.806. The summed E-state index contributed by atoms with van der Waals surface area (Å²) in [5, 5.41) is 3.04. The van der Waals surface area contributed by atoms with Crippen LogP contribution in [0.4, 0.5) is 4.79 Å². The van der Waals surface area contributed by atoms with Crippen LogP contribution in [0.1, 0.15) is 24.9 Å². The van der Waals surface area contributed by atoms with E-state index in [9.17, 15) is 9.59 Å². The maximum absolute atomic E-state index is 11.9. The molecule has 108 valence electrons. The highest BCUT2D eigenvalue weighted by molar-refractivity contribution is 9.10. The lowest BCUT2D eigenvalue weighted by Crippen LogP contribution is -2.32. The van der Waals surface area contributed by atoms with Gasteiger partial charge in [0.2, 0.25) is 5.91 Å². The number of hydrogen-bond acceptors (Lipinski definition) is 3. The molecule has 20 heavy (non-hydrogen) atoms. The van der Waals surface area contributed by atoms with E-state index in [0.717, 1.165) is 22.3 Å². The Kier molecular flexibility index (Phi) is 5.48. The number of nitrogens with zero attached hydrogens (tertiary/aromatic N) is 1. The molecule has 0 aliphatic carbocycles. The molecule has 2 rings (SSSR count). The topological polar surface area (TPSA) is 49.4 Å². The van der Waals surface area contributed by atoms with Gasteiger partial charge in [-0.3, -0.25) is 9.59 Å². The predicted octanol–water partition coefficient (Wildman–Crippen LogP) is 3.19. The molecule has 1 aromatic rings. The van der Waals surface area contributed by atoms with Crippen LogP contribution in [0.25, 0.3) is 0 Å². The highest BCUT2D eigenvalue weighted by Crippen LogP contribution is 2.18. The van der Waals surface area contributed by atoms with E-state index >= 15 is 0 Å². The fraction of sp³-hybridized carbons (Fsp3) is 0.429. The van der Waals surface area contributed by atoms with E-state index < -0.39 is 0 Å². The molecule has 1 N–H and O–H groups in total. The van der Waals surface area contributed by atoms with Crippen molar-refractivity contribution in [2.45, 2.75) is 19.4 Å². The maximum Gasteiger partial charge on any atom is 0.281 e. The minimum Gasteiger partial charge on any atom is -0.350 e. The van der Waals surface area contributed by atoms with Crippen molar-refractivity contribution in [3.8, 4) is 0 Å². The summed E-state index contributed by atoms with van der Waals surface area (Å²) in [6.07, 6.45) is 0.354. The van der Waals surface area contributed by atoms with Crippen molar-refractivity contribution in [3.63, 3.8) is 0 Å². The second kappa shape index (κ2) is 7.13. The summed E-state index contributed by atoms with van der Waals surface area (Å²) < 4.78 is 1.02. The lowest BCUT2D eigenvalue weighted by molar-refractivity contribution is -0.121. The van der Waals surface area contributed by atoms with E-state index in [-0.39, 0.29) is 17.2 Å². The van der Waals surface area contributed by atoms with Crippen molar-refractivity contribution in [3.05, 3.63) is 34.3 Å². The minimum atomic E-state index is -0.0285. The summed E-state index contributed by atoms with van der Waals surface area (Å²) in [6.45, 7) is 3.21. The Balaban J connectivity index is 1.79. The van der Waals surface area contributed by atoms with E-state index in [1.165, 1.54) is 11.8 Å². The number of hydrogen-bond donors (Lipinski definition) is 1. The van der Waals surface area contributed by atoms with Gasteiger partial charge >= 0.3 is 0 Å². The smallest absolute Gasteiger partial charge is 0.281 e. The number of benzene rings is 1. The number of carbonyl (C=O) groups is 2. The Morgan fingerprint density at radius 2 is 2.15 bits per heavy atom. The standard InChI is InChI=1S/C14H17BrN2O2S/c1-10(11-2-4-12(15)5-3-11)16-13(18)6-7-17-8-9-20-14(17)19/h2-5,10H,6-9H2,1H3,(H,16,18). The van der Waals surface area contributed by atoms with Gasteiger partial charge in [0.1, 0.15) is 0 Å². The third-order valence-corrected chi connectivity index (χ3v) is 4.62. The Bertz CT molecular complexity index is 492. The molecule has 1 saturated heterocycles. The highest BCUT2D eigenvalue weighted by atomic mass is 79.9. The molecule has 0 saturated carbocycles. The van der Waals surface area contributed by atoms with E-state index in [1.54, 1.807) is 4.90 Å². The first-order valence-corrected chi connectivity index (χ1v) is 8.30. The van der Waals surface area contributed by atoms with Crippen LogP contribution in [0.2, 0.25) is 0 Å². The molecular formula is C14H17BrN2O2S. The van der Waals surface area contributed by atoms with Crippen LogP contribution in [0.3, 0.4) is 0 Å². The average Bonchev–Trinajstić information content (AvgIpc) is 2.82. The monoisotopic (exact) mass is 356 g/mol. The van der Waals surface area contributed by atoms with E-state index in [1.807, 2.05) is 31.2 Å². The largest absolute Gasteiger partial charge is 0.350 e. The molecule has 1 heterocycles. The molecule has 1 fully saturated rings. The van der Waals surface area contributed by atoms with Gasteiger partial charge < -0.3 is 10.2 Å². The lowest BCUT2D eigenvalue weighted by atomic mass is 10.1. The molecule has 0 bridgehead atoms. The molecule has 0 spiro atoms. The van der Waals surface area contributed by atoms with Gasteiger partial charge in [0.15, 0.2) is 0 Å². The van der Waals surface area contributed by atoms with Crippen molar-refractivity contribution < 1.29 is 9.59 Å². The molecule has 6 heteroatoms. The van der Waals surface area contributed by atoms with Crippen LogP contribution in [-0.4, -0.2) is 34.9 Å². The summed E-state index contributed by atoms with van der Waals surface area (Å²) >= 11 is 4.71. The van der Waals surface area contributed by atoms with Gasteiger partial charge in [0, 0.05) is 29.7 Å². The van der Waals surface area contributed by atoms with Gasteiger partial charge in [-0.1, -0.05) is 39.8 Å². The van der Waals surface area contributed by atoms with Crippen LogP contribution in [0.15, 0.2) is 28.7 Å². The van der Waals surface area contributed by atoms with Crippen molar-refractivity contribution in [2.75, 3.05) is 18.8 Å². The molecule has 1 aliphatic rings. The van der Waals surface area contributed by atoms with Crippen LogP contribution >= 0.6 is 27.7 Å². The van der Waals surface area contributed by atoms with Gasteiger partial charge in [-0.05, 0) is 24.6 Å². The van der Waals surface area contributed by atoms with E-state index in [2.05, 4.69) is 21.2 Å². The molecule has 1 unspecified atom stereocenters. The van der Waals surface area contributed by atoms with Crippen LogP contribution in [0.5, 0.6) is 0 Å². The van der Waals surface area contributed by atoms with Gasteiger partial charge in [-0.15, -0.1) is 0 Å². The Morgan fingerprint density at radius 3 is 2.75 bits per heavy atom. The number of thioether (sulfide) groups is 1. The third-order valence-electron chi connectivity index (χ3n) is 3.20. The SMILES string of the molecule is CC(NC(=O)CCN1CCSC1=O)c1ccc(Br)cc1. The molecule has 1 aromatic carbocycles. The van der Waals surface area contributed by atoms with Crippen molar-refractivity contribution in [1.29, 1.82) is 0 Å². The zero-order valence-corrected chi connectivity index (χ0v) is 13.7. The molecule has 4 nitrogen and oxygen atoms in total. The summed E-state index contributed by atoms with van der Waals surface area (Å²) in [7, 11) is 0. The summed E-state index contributed by atoms with van der Waals surface area (Å²) in [6, 6.07) is 7.85. The minimum absolute atomic E-state index is 0.0230. The number of rotatable bonds is 5. The zero-order chi connectivity index (χ0) is 14.5. The second-order valence-electron chi connectivity index (χ2n) is 4.69. The molecule has 2 amide bonds. The number of amides is 2. The molecule has 1 atom stereocenters. The van der Waals surface area contributed by atoms with Crippen molar-refractivity contribution in [1.82, 2.24) is 10.2 Å². The highest BCUT2D eigenvalue weighted by Gasteiger charge is 2.21.